The van der Waals surface area contributed by atoms with Gasteiger partial charge in [0.2, 0.25) is 0 Å². The maximum absolute atomic E-state index is 11.4. The highest BCUT2D eigenvalue weighted by atomic mass is 16.1. The van der Waals surface area contributed by atoms with Crippen molar-refractivity contribution in [2.45, 2.75) is 47.5 Å². The lowest BCUT2D eigenvalue weighted by Gasteiger charge is -2.20. The number of carbonyl (C=O) groups is 1. The SMILES string of the molecule is CCC(=O)C(C)(C)CC=C(C)C. The van der Waals surface area contributed by atoms with E-state index in [0.29, 0.717) is 12.2 Å². The van der Waals surface area contributed by atoms with Crippen LogP contribution in [0.15, 0.2) is 11.6 Å². The van der Waals surface area contributed by atoms with Gasteiger partial charge >= 0.3 is 0 Å². The monoisotopic (exact) mass is 168 g/mol. The van der Waals surface area contributed by atoms with E-state index < -0.39 is 0 Å². The fourth-order valence-corrected chi connectivity index (χ4v) is 1.05. The summed E-state index contributed by atoms with van der Waals surface area (Å²) < 4.78 is 0. The van der Waals surface area contributed by atoms with Gasteiger partial charge in [0.05, 0.1) is 0 Å². The number of Topliss-reactive ketones (excluding diaryl/α,β-unsaturated/α-hetero) is 1. The molecule has 0 aliphatic heterocycles. The summed E-state index contributed by atoms with van der Waals surface area (Å²) in [6.45, 7) is 10.1. The first-order valence-corrected chi connectivity index (χ1v) is 4.57. The Morgan fingerprint density at radius 3 is 2.17 bits per heavy atom. The first-order valence-electron chi connectivity index (χ1n) is 4.57. The molecule has 0 atom stereocenters. The zero-order chi connectivity index (χ0) is 9.78. The van der Waals surface area contributed by atoms with Crippen LogP contribution in [0.1, 0.15) is 47.5 Å². The summed E-state index contributed by atoms with van der Waals surface area (Å²) in [7, 11) is 0. The molecule has 0 bridgehead atoms. The Bertz CT molecular complexity index is 183. The van der Waals surface area contributed by atoms with Gasteiger partial charge in [0.15, 0.2) is 0 Å². The molecule has 0 aliphatic carbocycles. The molecule has 0 saturated carbocycles. The predicted octanol–water partition coefficient (Wildman–Crippen LogP) is 3.35. The fourth-order valence-electron chi connectivity index (χ4n) is 1.05. The Kier molecular flexibility index (Phi) is 4.22. The molecule has 0 aromatic rings. The maximum Gasteiger partial charge on any atom is 0.138 e. The maximum atomic E-state index is 11.4. The van der Waals surface area contributed by atoms with Crippen LogP contribution in [-0.4, -0.2) is 5.78 Å². The van der Waals surface area contributed by atoms with Gasteiger partial charge in [0, 0.05) is 11.8 Å². The Balaban J connectivity index is 4.22. The normalized spacial score (nSPS) is 11.1. The summed E-state index contributed by atoms with van der Waals surface area (Å²) in [6.07, 6.45) is 3.64. The molecule has 0 saturated heterocycles. The molecule has 0 N–H and O–H groups in total. The standard InChI is InChI=1S/C11H20O/c1-6-10(12)11(4,5)8-7-9(2)3/h7H,6,8H2,1-5H3. The Morgan fingerprint density at radius 1 is 1.33 bits per heavy atom. The summed E-state index contributed by atoms with van der Waals surface area (Å²) in [5, 5.41) is 0. The van der Waals surface area contributed by atoms with E-state index in [1.807, 2.05) is 20.8 Å². The number of hydrogen-bond donors (Lipinski definition) is 0. The summed E-state index contributed by atoms with van der Waals surface area (Å²) in [5.74, 6) is 0.347. The minimum absolute atomic E-state index is 0.175. The van der Waals surface area contributed by atoms with Crippen molar-refractivity contribution in [1.29, 1.82) is 0 Å². The summed E-state index contributed by atoms with van der Waals surface area (Å²) in [4.78, 5) is 11.4. The van der Waals surface area contributed by atoms with Gasteiger partial charge in [0.25, 0.3) is 0 Å². The van der Waals surface area contributed by atoms with Crippen molar-refractivity contribution < 1.29 is 4.79 Å². The average Bonchev–Trinajstić information content (AvgIpc) is 1.99. The van der Waals surface area contributed by atoms with Gasteiger partial charge in [-0.2, -0.15) is 0 Å². The first-order chi connectivity index (χ1) is 5.40. The molecule has 0 aromatic carbocycles. The van der Waals surface area contributed by atoms with E-state index in [2.05, 4.69) is 19.9 Å². The molecule has 12 heavy (non-hydrogen) atoms. The molecule has 1 heteroatoms. The molecule has 0 aliphatic rings. The van der Waals surface area contributed by atoms with E-state index in [9.17, 15) is 4.79 Å². The lowest BCUT2D eigenvalue weighted by atomic mass is 9.83. The number of carbonyl (C=O) groups excluding carboxylic acids is 1. The van der Waals surface area contributed by atoms with Crippen LogP contribution in [0.2, 0.25) is 0 Å². The molecule has 0 fully saturated rings. The van der Waals surface area contributed by atoms with Gasteiger partial charge in [-0.1, -0.05) is 32.4 Å². The molecular weight excluding hydrogens is 148 g/mol. The summed E-state index contributed by atoms with van der Waals surface area (Å²) in [5.41, 5.74) is 1.11. The summed E-state index contributed by atoms with van der Waals surface area (Å²) >= 11 is 0. The van der Waals surface area contributed by atoms with Crippen molar-refractivity contribution in [2.24, 2.45) is 5.41 Å². The second-order valence-electron chi connectivity index (χ2n) is 4.15. The minimum Gasteiger partial charge on any atom is -0.299 e. The van der Waals surface area contributed by atoms with E-state index in [1.165, 1.54) is 5.57 Å². The van der Waals surface area contributed by atoms with Crippen LogP contribution < -0.4 is 0 Å². The van der Waals surface area contributed by atoms with Gasteiger partial charge in [-0.3, -0.25) is 4.79 Å². The van der Waals surface area contributed by atoms with Gasteiger partial charge in [0.1, 0.15) is 5.78 Å². The zero-order valence-corrected chi connectivity index (χ0v) is 8.90. The van der Waals surface area contributed by atoms with Gasteiger partial charge in [-0.25, -0.2) is 0 Å². The fraction of sp³-hybridized carbons (Fsp3) is 0.727. The third kappa shape index (κ3) is 3.70. The molecule has 1 nitrogen and oxygen atoms in total. The average molecular weight is 168 g/mol. The van der Waals surface area contributed by atoms with Crippen molar-refractivity contribution in [3.8, 4) is 0 Å². The lowest BCUT2D eigenvalue weighted by Crippen LogP contribution is -2.22. The van der Waals surface area contributed by atoms with Crippen molar-refractivity contribution in [3.05, 3.63) is 11.6 Å². The molecule has 0 spiro atoms. The van der Waals surface area contributed by atoms with Crippen molar-refractivity contribution >= 4 is 5.78 Å². The topological polar surface area (TPSA) is 17.1 Å². The van der Waals surface area contributed by atoms with E-state index in [4.69, 9.17) is 0 Å². The Hall–Kier alpha value is -0.590. The number of ketones is 1. The molecule has 0 heterocycles. The lowest BCUT2D eigenvalue weighted by molar-refractivity contribution is -0.126. The minimum atomic E-state index is -0.175. The van der Waals surface area contributed by atoms with Crippen LogP contribution in [0, 0.1) is 5.41 Å². The Labute approximate surface area is 75.9 Å². The van der Waals surface area contributed by atoms with E-state index in [0.717, 1.165) is 6.42 Å². The highest BCUT2D eigenvalue weighted by Crippen LogP contribution is 2.24. The van der Waals surface area contributed by atoms with Crippen molar-refractivity contribution in [3.63, 3.8) is 0 Å². The van der Waals surface area contributed by atoms with Crippen molar-refractivity contribution in [2.75, 3.05) is 0 Å². The smallest absolute Gasteiger partial charge is 0.138 e. The first kappa shape index (κ1) is 11.4. The van der Waals surface area contributed by atoms with Crippen LogP contribution in [0.3, 0.4) is 0 Å². The molecule has 0 amide bonds. The van der Waals surface area contributed by atoms with E-state index in [-0.39, 0.29) is 5.41 Å². The van der Waals surface area contributed by atoms with Crippen LogP contribution in [-0.2, 0) is 4.79 Å². The number of allylic oxidation sites excluding steroid dienone is 2. The third-order valence-electron chi connectivity index (χ3n) is 2.10. The zero-order valence-electron chi connectivity index (χ0n) is 8.90. The third-order valence-corrected chi connectivity index (χ3v) is 2.10. The highest BCUT2D eigenvalue weighted by Gasteiger charge is 2.23. The molecule has 70 valence electrons. The highest BCUT2D eigenvalue weighted by molar-refractivity contribution is 5.83. The quantitative estimate of drug-likeness (QED) is 0.588. The van der Waals surface area contributed by atoms with Crippen LogP contribution in [0.4, 0.5) is 0 Å². The molecule has 0 rings (SSSR count). The Morgan fingerprint density at radius 2 is 1.83 bits per heavy atom. The number of rotatable bonds is 4. The molecular formula is C11H20O. The summed E-state index contributed by atoms with van der Waals surface area (Å²) in [6, 6.07) is 0. The van der Waals surface area contributed by atoms with Gasteiger partial charge in [-0.05, 0) is 20.3 Å². The largest absolute Gasteiger partial charge is 0.299 e. The molecule has 0 aromatic heterocycles. The van der Waals surface area contributed by atoms with Gasteiger partial charge in [-0.15, -0.1) is 0 Å². The molecule has 0 unspecified atom stereocenters. The van der Waals surface area contributed by atoms with E-state index in [1.54, 1.807) is 0 Å². The second-order valence-corrected chi connectivity index (χ2v) is 4.15. The van der Waals surface area contributed by atoms with Crippen LogP contribution >= 0.6 is 0 Å². The van der Waals surface area contributed by atoms with Crippen molar-refractivity contribution in [1.82, 2.24) is 0 Å². The molecule has 0 radical (unpaired) electrons. The van der Waals surface area contributed by atoms with Gasteiger partial charge < -0.3 is 0 Å². The van der Waals surface area contributed by atoms with Crippen LogP contribution in [0.5, 0.6) is 0 Å². The second kappa shape index (κ2) is 4.44. The van der Waals surface area contributed by atoms with Crippen LogP contribution in [0.25, 0.3) is 0 Å². The number of hydrogen-bond acceptors (Lipinski definition) is 1. The predicted molar refractivity (Wildman–Crippen MR) is 53.1 cm³/mol. The van der Waals surface area contributed by atoms with E-state index >= 15 is 0 Å².